The van der Waals surface area contributed by atoms with Gasteiger partial charge in [0.1, 0.15) is 0 Å². The SMILES string of the molecule is CC1(C)Cc2ncccc2C(=O)[C@H]1Br. The van der Waals surface area contributed by atoms with Crippen molar-refractivity contribution in [3.8, 4) is 0 Å². The maximum absolute atomic E-state index is 11.9. The number of alkyl halides is 1. The number of carbonyl (C=O) groups excluding carboxylic acids is 1. The number of carbonyl (C=O) groups is 1. The van der Waals surface area contributed by atoms with Gasteiger partial charge in [0, 0.05) is 11.8 Å². The lowest BCUT2D eigenvalue weighted by Gasteiger charge is -2.34. The molecule has 0 N–H and O–H groups in total. The van der Waals surface area contributed by atoms with Crippen molar-refractivity contribution in [1.29, 1.82) is 0 Å². The second-order valence-corrected chi connectivity index (χ2v) is 5.31. The summed E-state index contributed by atoms with van der Waals surface area (Å²) in [5, 5.41) is 0. The van der Waals surface area contributed by atoms with Crippen LogP contribution in [0.5, 0.6) is 0 Å². The first-order valence-corrected chi connectivity index (χ1v) is 5.56. The molecule has 14 heavy (non-hydrogen) atoms. The summed E-state index contributed by atoms with van der Waals surface area (Å²) in [6.45, 7) is 4.17. The molecular weight excluding hydrogens is 242 g/mol. The van der Waals surface area contributed by atoms with Gasteiger partial charge in [-0.15, -0.1) is 0 Å². The zero-order chi connectivity index (χ0) is 10.3. The van der Waals surface area contributed by atoms with E-state index in [1.807, 2.05) is 12.1 Å². The quantitative estimate of drug-likeness (QED) is 0.666. The predicted octanol–water partition coefficient (Wildman–Crippen LogP) is 2.61. The second-order valence-electron chi connectivity index (χ2n) is 4.39. The Bertz CT molecular complexity index is 387. The molecule has 0 aromatic carbocycles. The normalized spacial score (nSPS) is 24.5. The van der Waals surface area contributed by atoms with Gasteiger partial charge in [0.05, 0.1) is 10.5 Å². The molecular formula is C11H12BrNO. The smallest absolute Gasteiger partial charge is 0.178 e. The van der Waals surface area contributed by atoms with Crippen LogP contribution in [0.3, 0.4) is 0 Å². The van der Waals surface area contributed by atoms with Crippen molar-refractivity contribution >= 4 is 21.7 Å². The molecule has 1 aliphatic carbocycles. The van der Waals surface area contributed by atoms with Gasteiger partial charge >= 0.3 is 0 Å². The molecule has 0 radical (unpaired) electrons. The number of pyridine rings is 1. The van der Waals surface area contributed by atoms with Gasteiger partial charge in [-0.25, -0.2) is 0 Å². The Balaban J connectivity index is 2.54. The van der Waals surface area contributed by atoms with Crippen molar-refractivity contribution in [3.63, 3.8) is 0 Å². The Labute approximate surface area is 91.9 Å². The molecule has 2 rings (SSSR count). The second kappa shape index (κ2) is 3.16. The molecule has 0 aliphatic heterocycles. The minimum atomic E-state index is -0.0910. The Morgan fingerprint density at radius 1 is 1.57 bits per heavy atom. The highest BCUT2D eigenvalue weighted by Gasteiger charge is 2.39. The molecule has 0 amide bonds. The number of aromatic nitrogens is 1. The molecule has 0 unspecified atom stereocenters. The van der Waals surface area contributed by atoms with E-state index < -0.39 is 0 Å². The number of hydrogen-bond donors (Lipinski definition) is 0. The number of halogens is 1. The largest absolute Gasteiger partial charge is 0.293 e. The van der Waals surface area contributed by atoms with Crippen molar-refractivity contribution in [2.45, 2.75) is 25.1 Å². The van der Waals surface area contributed by atoms with E-state index in [9.17, 15) is 4.79 Å². The average Bonchev–Trinajstić information content (AvgIpc) is 2.14. The minimum Gasteiger partial charge on any atom is -0.293 e. The van der Waals surface area contributed by atoms with Crippen LogP contribution < -0.4 is 0 Å². The first-order valence-electron chi connectivity index (χ1n) is 4.64. The third kappa shape index (κ3) is 1.40. The number of fused-ring (bicyclic) bond motifs is 1. The molecule has 1 heterocycles. The predicted molar refractivity (Wildman–Crippen MR) is 58.8 cm³/mol. The maximum atomic E-state index is 11.9. The highest BCUT2D eigenvalue weighted by Crippen LogP contribution is 2.38. The van der Waals surface area contributed by atoms with Gasteiger partial charge in [0.15, 0.2) is 5.78 Å². The molecule has 2 nitrogen and oxygen atoms in total. The van der Waals surface area contributed by atoms with Gasteiger partial charge in [-0.2, -0.15) is 0 Å². The van der Waals surface area contributed by atoms with Gasteiger partial charge in [-0.05, 0) is 24.0 Å². The van der Waals surface area contributed by atoms with Crippen LogP contribution in [0.2, 0.25) is 0 Å². The molecule has 1 aromatic rings. The van der Waals surface area contributed by atoms with Crippen molar-refractivity contribution in [3.05, 3.63) is 29.6 Å². The lowest BCUT2D eigenvalue weighted by atomic mass is 9.75. The zero-order valence-electron chi connectivity index (χ0n) is 8.25. The van der Waals surface area contributed by atoms with Gasteiger partial charge in [0.2, 0.25) is 0 Å². The van der Waals surface area contributed by atoms with Crippen LogP contribution in [0.4, 0.5) is 0 Å². The Kier molecular flexibility index (Phi) is 2.22. The summed E-state index contributed by atoms with van der Waals surface area (Å²) >= 11 is 3.47. The Hall–Kier alpha value is -0.700. The van der Waals surface area contributed by atoms with Gasteiger partial charge in [-0.3, -0.25) is 9.78 Å². The average molecular weight is 254 g/mol. The van der Waals surface area contributed by atoms with Gasteiger partial charge < -0.3 is 0 Å². The highest BCUT2D eigenvalue weighted by atomic mass is 79.9. The van der Waals surface area contributed by atoms with Crippen LogP contribution in [-0.4, -0.2) is 15.6 Å². The summed E-state index contributed by atoms with van der Waals surface area (Å²) < 4.78 is 0. The van der Waals surface area contributed by atoms with E-state index in [4.69, 9.17) is 0 Å². The summed E-state index contributed by atoms with van der Waals surface area (Å²) in [6.07, 6.45) is 2.60. The zero-order valence-corrected chi connectivity index (χ0v) is 9.84. The van der Waals surface area contributed by atoms with Crippen molar-refractivity contribution < 1.29 is 4.79 Å². The fourth-order valence-electron chi connectivity index (χ4n) is 1.82. The molecule has 3 heteroatoms. The summed E-state index contributed by atoms with van der Waals surface area (Å²) in [5.74, 6) is 0.157. The summed E-state index contributed by atoms with van der Waals surface area (Å²) in [7, 11) is 0. The van der Waals surface area contributed by atoms with E-state index in [0.717, 1.165) is 17.7 Å². The van der Waals surface area contributed by atoms with Crippen LogP contribution in [0.1, 0.15) is 29.9 Å². The Morgan fingerprint density at radius 2 is 2.29 bits per heavy atom. The van der Waals surface area contributed by atoms with Gasteiger partial charge in [0.25, 0.3) is 0 Å². The van der Waals surface area contributed by atoms with Crippen molar-refractivity contribution in [2.24, 2.45) is 5.41 Å². The third-order valence-electron chi connectivity index (χ3n) is 2.70. The van der Waals surface area contributed by atoms with Crippen molar-refractivity contribution in [2.75, 3.05) is 0 Å². The fraction of sp³-hybridized carbons (Fsp3) is 0.455. The third-order valence-corrected chi connectivity index (χ3v) is 4.35. The molecule has 74 valence electrons. The molecule has 1 aliphatic rings. The minimum absolute atomic E-state index is 0.0432. The number of Topliss-reactive ketones (excluding diaryl/α,β-unsaturated/α-hetero) is 1. The van der Waals surface area contributed by atoms with Crippen LogP contribution >= 0.6 is 15.9 Å². The summed E-state index contributed by atoms with van der Waals surface area (Å²) in [4.78, 5) is 16.1. The molecule has 0 spiro atoms. The molecule has 1 aromatic heterocycles. The van der Waals surface area contributed by atoms with E-state index in [-0.39, 0.29) is 16.0 Å². The number of hydrogen-bond acceptors (Lipinski definition) is 2. The van der Waals surface area contributed by atoms with E-state index in [1.165, 1.54) is 0 Å². The van der Waals surface area contributed by atoms with Crippen LogP contribution in [0.15, 0.2) is 18.3 Å². The van der Waals surface area contributed by atoms with Crippen molar-refractivity contribution in [1.82, 2.24) is 4.98 Å². The van der Waals surface area contributed by atoms with Crippen LogP contribution in [0, 0.1) is 5.41 Å². The highest BCUT2D eigenvalue weighted by molar-refractivity contribution is 9.10. The summed E-state index contributed by atoms with van der Waals surface area (Å²) in [5.41, 5.74) is 1.66. The lowest BCUT2D eigenvalue weighted by molar-refractivity contribution is 0.0927. The van der Waals surface area contributed by atoms with E-state index in [2.05, 4.69) is 34.8 Å². The Morgan fingerprint density at radius 3 is 3.00 bits per heavy atom. The van der Waals surface area contributed by atoms with E-state index >= 15 is 0 Å². The molecule has 1 atom stereocenters. The lowest BCUT2D eigenvalue weighted by Crippen LogP contribution is -2.39. The summed E-state index contributed by atoms with van der Waals surface area (Å²) in [6, 6.07) is 3.67. The van der Waals surface area contributed by atoms with Gasteiger partial charge in [-0.1, -0.05) is 29.8 Å². The van der Waals surface area contributed by atoms with E-state index in [1.54, 1.807) is 6.20 Å². The molecule has 0 fully saturated rings. The molecule has 0 bridgehead atoms. The number of rotatable bonds is 0. The molecule has 0 saturated heterocycles. The van der Waals surface area contributed by atoms with Crippen LogP contribution in [-0.2, 0) is 6.42 Å². The maximum Gasteiger partial charge on any atom is 0.178 e. The first kappa shape index (κ1) is 9.84. The fourth-order valence-corrected chi connectivity index (χ4v) is 2.22. The van der Waals surface area contributed by atoms with Crippen LogP contribution in [0.25, 0.3) is 0 Å². The number of nitrogens with zero attached hydrogens (tertiary/aromatic N) is 1. The molecule has 0 saturated carbocycles. The number of ketones is 1. The standard InChI is InChI=1S/C11H12BrNO/c1-11(2)6-8-7(4-3-5-13-8)9(14)10(11)12/h3-5,10H,6H2,1-2H3/t10-/m1/s1. The van der Waals surface area contributed by atoms with E-state index in [0.29, 0.717) is 0 Å². The topological polar surface area (TPSA) is 30.0 Å². The first-order chi connectivity index (χ1) is 6.52. The monoisotopic (exact) mass is 253 g/mol.